The molecule has 3 rings (SSSR count). The fourth-order valence-electron chi connectivity index (χ4n) is 3.76. The molecule has 4 nitrogen and oxygen atoms in total. The summed E-state index contributed by atoms with van der Waals surface area (Å²) in [5.41, 5.74) is -1.84. The minimum atomic E-state index is -4.81. The van der Waals surface area contributed by atoms with E-state index in [-0.39, 0.29) is 21.8 Å². The molecule has 0 unspecified atom stereocenters. The van der Waals surface area contributed by atoms with Gasteiger partial charge in [-0.25, -0.2) is 4.98 Å². The average molecular weight is 434 g/mol. The smallest absolute Gasteiger partial charge is 0.335 e. The van der Waals surface area contributed by atoms with Crippen molar-refractivity contribution in [3.8, 4) is 5.69 Å². The minimum Gasteiger partial charge on any atom is -0.335 e. The standard InChI is InChI=1S/C19H20Cl2F3N3O/c1-2-26(12-7-4-3-5-8-12)18(28)15-17(19(22,23)24)27(11-25-15)16-13(20)9-6-10-14(16)21/h6,9-12H,2-5,7-8H2,1H3. The predicted octanol–water partition coefficient (Wildman–Crippen LogP) is 5.99. The number of imidazole rings is 1. The Morgan fingerprint density at radius 2 is 1.82 bits per heavy atom. The van der Waals surface area contributed by atoms with Crippen LogP contribution in [0.3, 0.4) is 0 Å². The average Bonchev–Trinajstić information content (AvgIpc) is 3.08. The molecule has 0 atom stereocenters. The maximum Gasteiger partial charge on any atom is 0.434 e. The van der Waals surface area contributed by atoms with E-state index in [4.69, 9.17) is 23.2 Å². The molecule has 2 aromatic rings. The van der Waals surface area contributed by atoms with Crippen molar-refractivity contribution in [1.29, 1.82) is 0 Å². The highest BCUT2D eigenvalue weighted by Gasteiger charge is 2.42. The number of para-hydroxylation sites is 1. The van der Waals surface area contributed by atoms with E-state index >= 15 is 0 Å². The number of rotatable bonds is 4. The Labute approximate surface area is 171 Å². The number of hydrogen-bond donors (Lipinski definition) is 0. The van der Waals surface area contributed by atoms with E-state index in [1.807, 2.05) is 0 Å². The van der Waals surface area contributed by atoms with E-state index in [9.17, 15) is 18.0 Å². The molecule has 0 radical (unpaired) electrons. The zero-order valence-corrected chi connectivity index (χ0v) is 16.8. The van der Waals surface area contributed by atoms with E-state index < -0.39 is 23.5 Å². The molecule has 1 amide bonds. The van der Waals surface area contributed by atoms with Gasteiger partial charge >= 0.3 is 6.18 Å². The van der Waals surface area contributed by atoms with Crippen molar-refractivity contribution in [2.75, 3.05) is 6.54 Å². The van der Waals surface area contributed by atoms with Gasteiger partial charge in [-0.1, -0.05) is 48.5 Å². The maximum atomic E-state index is 13.9. The quantitative estimate of drug-likeness (QED) is 0.593. The summed E-state index contributed by atoms with van der Waals surface area (Å²) in [4.78, 5) is 18.4. The lowest BCUT2D eigenvalue weighted by Crippen LogP contribution is -2.42. The van der Waals surface area contributed by atoms with E-state index in [2.05, 4.69) is 4.98 Å². The summed E-state index contributed by atoms with van der Waals surface area (Å²) in [5, 5.41) is 0.0723. The van der Waals surface area contributed by atoms with Crippen LogP contribution in [0.5, 0.6) is 0 Å². The number of benzene rings is 1. The first-order valence-corrected chi connectivity index (χ1v) is 9.91. The summed E-state index contributed by atoms with van der Waals surface area (Å²) in [6, 6.07) is 4.34. The van der Waals surface area contributed by atoms with Gasteiger partial charge in [0.1, 0.15) is 6.33 Å². The molecule has 1 fully saturated rings. The first-order valence-electron chi connectivity index (χ1n) is 9.15. The summed E-state index contributed by atoms with van der Waals surface area (Å²) in [6.45, 7) is 2.09. The number of carbonyl (C=O) groups is 1. The topological polar surface area (TPSA) is 38.1 Å². The van der Waals surface area contributed by atoms with Crippen LogP contribution in [0.25, 0.3) is 5.69 Å². The number of hydrogen-bond acceptors (Lipinski definition) is 2. The second-order valence-electron chi connectivity index (χ2n) is 6.76. The molecule has 0 saturated heterocycles. The van der Waals surface area contributed by atoms with E-state index in [0.717, 1.165) is 43.0 Å². The van der Waals surface area contributed by atoms with Crippen LogP contribution in [-0.2, 0) is 6.18 Å². The van der Waals surface area contributed by atoms with Crippen LogP contribution in [0.4, 0.5) is 13.2 Å². The SMILES string of the molecule is CCN(C(=O)c1ncn(-c2c(Cl)cccc2Cl)c1C(F)(F)F)C1CCCCC1. The molecule has 1 aliphatic rings. The zero-order valence-electron chi connectivity index (χ0n) is 15.3. The van der Waals surface area contributed by atoms with Crippen LogP contribution in [0.1, 0.15) is 55.2 Å². The number of nitrogens with zero attached hydrogens (tertiary/aromatic N) is 3. The molecule has 1 aliphatic carbocycles. The van der Waals surface area contributed by atoms with Gasteiger partial charge in [-0.2, -0.15) is 13.2 Å². The highest BCUT2D eigenvalue weighted by atomic mass is 35.5. The van der Waals surface area contributed by atoms with Crippen molar-refractivity contribution >= 4 is 29.1 Å². The maximum absolute atomic E-state index is 13.9. The predicted molar refractivity (Wildman–Crippen MR) is 102 cm³/mol. The summed E-state index contributed by atoms with van der Waals surface area (Å²) in [5.74, 6) is -0.719. The molecular weight excluding hydrogens is 414 g/mol. The van der Waals surface area contributed by atoms with Gasteiger partial charge in [0.25, 0.3) is 5.91 Å². The molecule has 1 aromatic carbocycles. The number of amides is 1. The lowest BCUT2D eigenvalue weighted by molar-refractivity contribution is -0.142. The monoisotopic (exact) mass is 433 g/mol. The molecule has 1 saturated carbocycles. The second kappa shape index (κ2) is 8.33. The Bertz CT molecular complexity index is 840. The lowest BCUT2D eigenvalue weighted by atomic mass is 9.94. The van der Waals surface area contributed by atoms with Crippen molar-refractivity contribution in [2.45, 2.75) is 51.2 Å². The number of halogens is 5. The first kappa shape index (κ1) is 21.0. The van der Waals surface area contributed by atoms with Gasteiger partial charge < -0.3 is 4.90 Å². The zero-order chi connectivity index (χ0) is 20.5. The molecule has 0 bridgehead atoms. The van der Waals surface area contributed by atoms with Gasteiger partial charge in [-0.05, 0) is 31.9 Å². The number of aromatic nitrogens is 2. The Kier molecular flexibility index (Phi) is 6.25. The highest BCUT2D eigenvalue weighted by molar-refractivity contribution is 6.37. The summed E-state index contributed by atoms with van der Waals surface area (Å²) >= 11 is 12.2. The number of carbonyl (C=O) groups excluding carboxylic acids is 1. The molecule has 0 spiro atoms. The van der Waals surface area contributed by atoms with Crippen LogP contribution in [0.2, 0.25) is 10.0 Å². The van der Waals surface area contributed by atoms with Gasteiger partial charge in [-0.3, -0.25) is 9.36 Å². The Balaban J connectivity index is 2.09. The summed E-state index contributed by atoms with van der Waals surface area (Å²) in [7, 11) is 0. The minimum absolute atomic E-state index is 0.0361. The van der Waals surface area contributed by atoms with E-state index in [1.54, 1.807) is 6.92 Å². The Hall–Kier alpha value is -1.73. The van der Waals surface area contributed by atoms with E-state index in [1.165, 1.54) is 23.1 Å². The van der Waals surface area contributed by atoms with Gasteiger partial charge in [0.15, 0.2) is 11.4 Å². The molecule has 1 heterocycles. The van der Waals surface area contributed by atoms with Crippen molar-refractivity contribution in [1.82, 2.24) is 14.5 Å². The largest absolute Gasteiger partial charge is 0.434 e. The number of alkyl halides is 3. The van der Waals surface area contributed by atoms with Gasteiger partial charge in [0.05, 0.1) is 15.7 Å². The van der Waals surface area contributed by atoms with Gasteiger partial charge in [-0.15, -0.1) is 0 Å². The van der Waals surface area contributed by atoms with Crippen molar-refractivity contribution in [3.63, 3.8) is 0 Å². The van der Waals surface area contributed by atoms with Crippen LogP contribution >= 0.6 is 23.2 Å². The van der Waals surface area contributed by atoms with Crippen LogP contribution in [-0.4, -0.2) is 32.9 Å². The van der Waals surface area contributed by atoms with Gasteiger partial charge in [0, 0.05) is 12.6 Å². The van der Waals surface area contributed by atoms with Crippen LogP contribution < -0.4 is 0 Å². The fraction of sp³-hybridized carbons (Fsp3) is 0.474. The normalized spacial score (nSPS) is 15.6. The molecule has 0 N–H and O–H groups in total. The Morgan fingerprint density at radius 3 is 2.36 bits per heavy atom. The van der Waals surface area contributed by atoms with Crippen LogP contribution in [0, 0.1) is 0 Å². The third-order valence-electron chi connectivity index (χ3n) is 5.03. The second-order valence-corrected chi connectivity index (χ2v) is 7.58. The molecule has 152 valence electrons. The molecule has 0 aliphatic heterocycles. The van der Waals surface area contributed by atoms with Crippen molar-refractivity contribution in [2.24, 2.45) is 0 Å². The first-order chi connectivity index (χ1) is 13.3. The molecule has 1 aromatic heterocycles. The lowest BCUT2D eigenvalue weighted by Gasteiger charge is -2.33. The van der Waals surface area contributed by atoms with Gasteiger partial charge in [0.2, 0.25) is 0 Å². The van der Waals surface area contributed by atoms with E-state index in [0.29, 0.717) is 6.54 Å². The highest BCUT2D eigenvalue weighted by Crippen LogP contribution is 2.38. The third kappa shape index (κ3) is 4.01. The third-order valence-corrected chi connectivity index (χ3v) is 5.64. The molecule has 28 heavy (non-hydrogen) atoms. The summed E-state index contributed by atoms with van der Waals surface area (Å²) < 4.78 is 42.6. The van der Waals surface area contributed by atoms with Crippen molar-refractivity contribution in [3.05, 3.63) is 46.0 Å². The van der Waals surface area contributed by atoms with Crippen molar-refractivity contribution < 1.29 is 18.0 Å². The van der Waals surface area contributed by atoms with Crippen LogP contribution in [0.15, 0.2) is 24.5 Å². The fourth-order valence-corrected chi connectivity index (χ4v) is 4.34. The molecular formula is C19H20Cl2F3N3O. The summed E-state index contributed by atoms with van der Waals surface area (Å²) in [6.07, 6.45) is 0.730. The Morgan fingerprint density at radius 1 is 1.21 bits per heavy atom. The molecule has 9 heteroatoms.